The molecule has 1 saturated heterocycles. The summed E-state index contributed by atoms with van der Waals surface area (Å²) in [5.41, 5.74) is 0.991. The predicted octanol–water partition coefficient (Wildman–Crippen LogP) is 1.43. The lowest BCUT2D eigenvalue weighted by Crippen LogP contribution is -2.51. The third-order valence-electron chi connectivity index (χ3n) is 6.22. The van der Waals surface area contributed by atoms with Crippen LogP contribution in [0.4, 0.5) is 0 Å². The Bertz CT molecular complexity index is 1310. The Morgan fingerprint density at radius 1 is 0.906 bits per heavy atom. The summed E-state index contributed by atoms with van der Waals surface area (Å²) in [6, 6.07) is 14.2. The number of nitrogens with one attached hydrogen (secondary N) is 1. The number of rotatable bonds is 4. The molecule has 1 aromatic heterocycles. The molecular formula is C24H24N4O4. The first-order valence-electron chi connectivity index (χ1n) is 10.9. The third kappa shape index (κ3) is 3.84. The number of hydrogen-bond acceptors (Lipinski definition) is 4. The van der Waals surface area contributed by atoms with Crippen molar-refractivity contribution in [3.05, 3.63) is 80.5 Å². The first-order chi connectivity index (χ1) is 15.5. The van der Waals surface area contributed by atoms with Crippen LogP contribution in [0, 0.1) is 5.92 Å². The molecule has 2 fully saturated rings. The van der Waals surface area contributed by atoms with Crippen LogP contribution in [0.25, 0.3) is 10.9 Å². The maximum absolute atomic E-state index is 13.1. The fourth-order valence-electron chi connectivity index (χ4n) is 4.29. The number of carbonyl (C=O) groups is 2. The topological polar surface area (TPSA) is 95.5 Å². The summed E-state index contributed by atoms with van der Waals surface area (Å²) in [5, 5.41) is 0.443. The second kappa shape index (κ2) is 8.11. The Morgan fingerprint density at radius 2 is 1.62 bits per heavy atom. The quantitative estimate of drug-likeness (QED) is 0.675. The van der Waals surface area contributed by atoms with Gasteiger partial charge in [0.2, 0.25) is 5.91 Å². The molecule has 0 radical (unpaired) electrons. The Morgan fingerprint density at radius 3 is 2.38 bits per heavy atom. The Kier molecular flexibility index (Phi) is 5.13. The molecular weight excluding hydrogens is 408 g/mol. The van der Waals surface area contributed by atoms with Crippen LogP contribution in [-0.2, 0) is 11.3 Å². The lowest BCUT2D eigenvalue weighted by Gasteiger charge is -2.35. The van der Waals surface area contributed by atoms with Crippen LogP contribution in [-0.4, -0.2) is 57.3 Å². The van der Waals surface area contributed by atoms with E-state index in [2.05, 4.69) is 4.98 Å². The van der Waals surface area contributed by atoms with Crippen LogP contribution in [0.1, 0.15) is 28.8 Å². The van der Waals surface area contributed by atoms with E-state index in [0.29, 0.717) is 42.6 Å². The van der Waals surface area contributed by atoms with Gasteiger partial charge in [0, 0.05) is 37.7 Å². The molecule has 3 aromatic rings. The number of piperazine rings is 1. The molecule has 2 heterocycles. The molecule has 0 unspecified atom stereocenters. The number of H-pyrrole nitrogens is 1. The van der Waals surface area contributed by atoms with Crippen molar-refractivity contribution in [1.29, 1.82) is 0 Å². The highest BCUT2D eigenvalue weighted by Gasteiger charge is 2.35. The van der Waals surface area contributed by atoms with Crippen molar-refractivity contribution in [3.8, 4) is 0 Å². The van der Waals surface area contributed by atoms with E-state index in [9.17, 15) is 19.2 Å². The molecule has 1 aliphatic heterocycles. The van der Waals surface area contributed by atoms with E-state index >= 15 is 0 Å². The van der Waals surface area contributed by atoms with Crippen molar-refractivity contribution in [2.45, 2.75) is 19.4 Å². The van der Waals surface area contributed by atoms with Crippen molar-refractivity contribution >= 4 is 22.7 Å². The highest BCUT2D eigenvalue weighted by Crippen LogP contribution is 2.31. The van der Waals surface area contributed by atoms with E-state index in [0.717, 1.165) is 18.4 Å². The molecule has 8 heteroatoms. The molecule has 164 valence electrons. The van der Waals surface area contributed by atoms with Gasteiger partial charge in [-0.25, -0.2) is 4.79 Å². The van der Waals surface area contributed by atoms with Gasteiger partial charge in [0.25, 0.3) is 11.5 Å². The average Bonchev–Trinajstić information content (AvgIpc) is 3.67. The predicted molar refractivity (Wildman–Crippen MR) is 120 cm³/mol. The highest BCUT2D eigenvalue weighted by molar-refractivity contribution is 5.94. The van der Waals surface area contributed by atoms with E-state index in [1.165, 1.54) is 4.57 Å². The van der Waals surface area contributed by atoms with Gasteiger partial charge in [-0.3, -0.25) is 23.9 Å². The van der Waals surface area contributed by atoms with E-state index in [1.807, 2.05) is 11.0 Å². The zero-order valence-electron chi connectivity index (χ0n) is 17.6. The van der Waals surface area contributed by atoms with Crippen LogP contribution >= 0.6 is 0 Å². The number of fused-ring (bicyclic) bond motifs is 1. The van der Waals surface area contributed by atoms with Crippen LogP contribution in [0.2, 0.25) is 0 Å². The number of para-hydroxylation sites is 1. The zero-order chi connectivity index (χ0) is 22.2. The van der Waals surface area contributed by atoms with E-state index in [4.69, 9.17) is 0 Å². The first kappa shape index (κ1) is 20.2. The van der Waals surface area contributed by atoms with Gasteiger partial charge in [-0.2, -0.15) is 0 Å². The number of hydrogen-bond donors (Lipinski definition) is 1. The normalized spacial score (nSPS) is 16.4. The summed E-state index contributed by atoms with van der Waals surface area (Å²) in [6.07, 6.45) is 1.97. The van der Waals surface area contributed by atoms with Crippen LogP contribution in [0.5, 0.6) is 0 Å². The van der Waals surface area contributed by atoms with E-state index < -0.39 is 11.2 Å². The fraction of sp³-hybridized carbons (Fsp3) is 0.333. The molecule has 2 amide bonds. The van der Waals surface area contributed by atoms with Gasteiger partial charge in [0.15, 0.2) is 0 Å². The minimum absolute atomic E-state index is 0.0796. The van der Waals surface area contributed by atoms with Gasteiger partial charge in [0.05, 0.1) is 17.4 Å². The lowest BCUT2D eigenvalue weighted by atomic mass is 10.1. The minimum Gasteiger partial charge on any atom is -0.339 e. The maximum Gasteiger partial charge on any atom is 0.329 e. The van der Waals surface area contributed by atoms with Gasteiger partial charge in [-0.1, -0.05) is 24.3 Å². The van der Waals surface area contributed by atoms with Gasteiger partial charge in [-0.15, -0.1) is 0 Å². The van der Waals surface area contributed by atoms with Crippen molar-refractivity contribution in [3.63, 3.8) is 0 Å². The Balaban J connectivity index is 1.34. The summed E-state index contributed by atoms with van der Waals surface area (Å²) in [7, 11) is 0. The summed E-state index contributed by atoms with van der Waals surface area (Å²) in [4.78, 5) is 55.8. The number of nitrogens with zero attached hydrogens (tertiary/aromatic N) is 3. The number of aromatic nitrogens is 2. The number of amides is 2. The van der Waals surface area contributed by atoms with Crippen LogP contribution in [0.3, 0.4) is 0 Å². The Labute approximate surface area is 184 Å². The van der Waals surface area contributed by atoms with Crippen LogP contribution < -0.4 is 11.2 Å². The maximum atomic E-state index is 13.1. The minimum atomic E-state index is -0.484. The summed E-state index contributed by atoms with van der Waals surface area (Å²) in [5.74, 6) is 0.336. The molecule has 0 bridgehead atoms. The van der Waals surface area contributed by atoms with Crippen molar-refractivity contribution in [2.75, 3.05) is 26.2 Å². The second-order valence-corrected chi connectivity index (χ2v) is 8.45. The molecule has 32 heavy (non-hydrogen) atoms. The van der Waals surface area contributed by atoms with Gasteiger partial charge in [0.1, 0.15) is 0 Å². The third-order valence-corrected chi connectivity index (χ3v) is 6.22. The molecule has 1 aliphatic carbocycles. The van der Waals surface area contributed by atoms with Gasteiger partial charge in [-0.05, 0) is 42.7 Å². The summed E-state index contributed by atoms with van der Waals surface area (Å²) < 4.78 is 1.50. The molecule has 2 aromatic carbocycles. The van der Waals surface area contributed by atoms with Gasteiger partial charge >= 0.3 is 5.69 Å². The van der Waals surface area contributed by atoms with E-state index in [-0.39, 0.29) is 24.3 Å². The monoisotopic (exact) mass is 432 g/mol. The molecule has 1 N–H and O–H groups in total. The second-order valence-electron chi connectivity index (χ2n) is 8.45. The SMILES string of the molecule is O=C(c1cccc(Cn2c(=O)[nH]c(=O)c3ccccc32)c1)N1CCN(C(=O)C2CC2)CC1. The highest BCUT2D eigenvalue weighted by atomic mass is 16.2. The van der Waals surface area contributed by atoms with Crippen molar-refractivity contribution in [1.82, 2.24) is 19.4 Å². The largest absolute Gasteiger partial charge is 0.339 e. The molecule has 8 nitrogen and oxygen atoms in total. The van der Waals surface area contributed by atoms with Gasteiger partial charge < -0.3 is 9.80 Å². The number of carbonyl (C=O) groups excluding carboxylic acids is 2. The Hall–Kier alpha value is -3.68. The molecule has 0 atom stereocenters. The number of benzene rings is 2. The summed E-state index contributed by atoms with van der Waals surface area (Å²) in [6.45, 7) is 2.41. The number of aromatic amines is 1. The first-order valence-corrected chi connectivity index (χ1v) is 10.9. The molecule has 2 aliphatic rings. The van der Waals surface area contributed by atoms with Crippen molar-refractivity contribution < 1.29 is 9.59 Å². The molecule has 1 saturated carbocycles. The standard InChI is InChI=1S/C24H24N4O4/c29-21-19-6-1-2-7-20(19)28(24(32)25-21)15-16-4-3-5-18(14-16)23(31)27-12-10-26(11-13-27)22(30)17-8-9-17/h1-7,14,17H,8-13,15H2,(H,25,29,32). The molecule has 0 spiro atoms. The molecule has 5 rings (SSSR count). The summed E-state index contributed by atoms with van der Waals surface area (Å²) >= 11 is 0. The lowest BCUT2D eigenvalue weighted by molar-refractivity contribution is -0.134. The van der Waals surface area contributed by atoms with Crippen LogP contribution in [0.15, 0.2) is 58.1 Å². The average molecular weight is 432 g/mol. The smallest absolute Gasteiger partial charge is 0.329 e. The zero-order valence-corrected chi connectivity index (χ0v) is 17.6. The van der Waals surface area contributed by atoms with Crippen molar-refractivity contribution in [2.24, 2.45) is 5.92 Å². The van der Waals surface area contributed by atoms with E-state index in [1.54, 1.807) is 47.4 Å². The fourth-order valence-corrected chi connectivity index (χ4v) is 4.29.